The van der Waals surface area contributed by atoms with Gasteiger partial charge >= 0.3 is 6.03 Å². The van der Waals surface area contributed by atoms with Crippen molar-refractivity contribution in [2.24, 2.45) is 5.41 Å². The molecule has 2 aliphatic rings. The second-order valence-electron chi connectivity index (χ2n) is 16.5. The number of carbonyl (C=O) groups is 5. The average molecular weight is 801 g/mol. The second-order valence-corrected chi connectivity index (χ2v) is 16.9. The SMILES string of the molecule is CCC(Oc1ccc(C(C)(C)CC)cc1C(C)(C)CC)C(=O)Nc1ccc(Cl)c(NC(=O)C(C(=O)C2(CC)CC2)N2C(=O)C(OC)N(Cc3ccccc3)C2=O)c1. The molecule has 1 aliphatic heterocycles. The number of urea groups is 1. The van der Waals surface area contributed by atoms with Crippen LogP contribution in [0, 0.1) is 5.41 Å². The predicted octanol–water partition coefficient (Wildman–Crippen LogP) is 9.01. The van der Waals surface area contributed by atoms with Crippen molar-refractivity contribution in [3.8, 4) is 5.75 Å². The molecule has 5 rings (SSSR count). The minimum Gasteiger partial charge on any atom is -0.480 e. The summed E-state index contributed by atoms with van der Waals surface area (Å²) in [5.74, 6) is -2.01. The molecule has 0 aromatic heterocycles. The smallest absolute Gasteiger partial charge is 0.330 e. The predicted molar refractivity (Wildman–Crippen MR) is 222 cm³/mol. The third-order valence-electron chi connectivity index (χ3n) is 12.1. The van der Waals surface area contributed by atoms with Gasteiger partial charge in [-0.15, -0.1) is 0 Å². The third-order valence-corrected chi connectivity index (χ3v) is 12.4. The van der Waals surface area contributed by atoms with Gasteiger partial charge in [0.1, 0.15) is 5.75 Å². The summed E-state index contributed by atoms with van der Waals surface area (Å²) in [5, 5.41) is 5.71. The first-order valence-electron chi connectivity index (χ1n) is 19.9. The number of hydrogen-bond acceptors (Lipinski definition) is 7. The molecule has 2 N–H and O–H groups in total. The number of nitrogens with one attached hydrogen (secondary N) is 2. The molecule has 57 heavy (non-hydrogen) atoms. The van der Waals surface area contributed by atoms with Gasteiger partial charge in [-0.25, -0.2) is 9.69 Å². The molecule has 0 spiro atoms. The number of nitrogens with zero attached hydrogens (tertiary/aromatic N) is 2. The monoisotopic (exact) mass is 800 g/mol. The lowest BCUT2D eigenvalue weighted by atomic mass is 9.76. The Bertz CT molecular complexity index is 1990. The Balaban J connectivity index is 1.39. The van der Waals surface area contributed by atoms with E-state index in [0.29, 0.717) is 37.1 Å². The summed E-state index contributed by atoms with van der Waals surface area (Å²) >= 11 is 6.58. The van der Waals surface area contributed by atoms with E-state index in [-0.39, 0.29) is 28.1 Å². The van der Waals surface area contributed by atoms with E-state index in [9.17, 15) is 24.0 Å². The van der Waals surface area contributed by atoms with Gasteiger partial charge < -0.3 is 20.1 Å². The number of ether oxygens (including phenoxy) is 2. The van der Waals surface area contributed by atoms with E-state index >= 15 is 0 Å². The zero-order valence-electron chi connectivity index (χ0n) is 34.7. The fourth-order valence-electron chi connectivity index (χ4n) is 7.13. The first-order chi connectivity index (χ1) is 27.0. The number of anilines is 2. The number of ketones is 1. The van der Waals surface area contributed by atoms with Gasteiger partial charge in [0.25, 0.3) is 17.7 Å². The Kier molecular flexibility index (Phi) is 13.2. The Labute approximate surface area is 341 Å². The second kappa shape index (κ2) is 17.4. The van der Waals surface area contributed by atoms with Crippen molar-refractivity contribution in [2.75, 3.05) is 17.7 Å². The molecule has 5 amide bonds. The van der Waals surface area contributed by atoms with Crippen molar-refractivity contribution >= 4 is 52.5 Å². The summed E-state index contributed by atoms with van der Waals surface area (Å²) in [5.41, 5.74) is 2.28. The maximum absolute atomic E-state index is 14.3. The van der Waals surface area contributed by atoms with E-state index in [1.165, 1.54) is 29.7 Å². The topological polar surface area (TPSA) is 134 Å². The van der Waals surface area contributed by atoms with Crippen molar-refractivity contribution in [1.82, 2.24) is 9.80 Å². The van der Waals surface area contributed by atoms with Gasteiger partial charge in [-0.2, -0.15) is 0 Å². The van der Waals surface area contributed by atoms with Crippen LogP contribution in [0.15, 0.2) is 66.7 Å². The molecule has 3 aromatic carbocycles. The number of imide groups is 1. The highest BCUT2D eigenvalue weighted by Gasteiger charge is 2.59. The molecule has 0 bridgehead atoms. The first-order valence-corrected chi connectivity index (χ1v) is 20.3. The van der Waals surface area contributed by atoms with Gasteiger partial charge in [0.2, 0.25) is 6.23 Å². The highest BCUT2D eigenvalue weighted by atomic mass is 35.5. The van der Waals surface area contributed by atoms with Crippen LogP contribution < -0.4 is 15.4 Å². The van der Waals surface area contributed by atoms with Crippen LogP contribution >= 0.6 is 11.6 Å². The lowest BCUT2D eigenvalue weighted by Gasteiger charge is -2.31. The van der Waals surface area contributed by atoms with Crippen LogP contribution in [0.3, 0.4) is 0 Å². The number of amides is 5. The van der Waals surface area contributed by atoms with Crippen LogP contribution in [-0.2, 0) is 41.3 Å². The highest BCUT2D eigenvalue weighted by molar-refractivity contribution is 6.34. The van der Waals surface area contributed by atoms with E-state index in [1.807, 2.05) is 26.0 Å². The van der Waals surface area contributed by atoms with Gasteiger partial charge in [0.15, 0.2) is 17.9 Å². The minimum atomic E-state index is -1.78. The van der Waals surface area contributed by atoms with Crippen molar-refractivity contribution < 1.29 is 33.4 Å². The molecule has 11 nitrogen and oxygen atoms in total. The summed E-state index contributed by atoms with van der Waals surface area (Å²) in [6.45, 7) is 16.8. The molecular weight excluding hydrogens is 744 g/mol. The van der Waals surface area contributed by atoms with Crippen LogP contribution in [0.5, 0.6) is 5.75 Å². The molecule has 1 heterocycles. The molecule has 2 fully saturated rings. The van der Waals surface area contributed by atoms with Crippen molar-refractivity contribution in [1.29, 1.82) is 0 Å². The van der Waals surface area contributed by atoms with E-state index in [0.717, 1.165) is 28.9 Å². The van der Waals surface area contributed by atoms with Crippen molar-refractivity contribution in [2.45, 2.75) is 130 Å². The third kappa shape index (κ3) is 9.05. The highest BCUT2D eigenvalue weighted by Crippen LogP contribution is 2.51. The minimum absolute atomic E-state index is 0.0257. The Morgan fingerprint density at radius 3 is 2.12 bits per heavy atom. The zero-order valence-corrected chi connectivity index (χ0v) is 35.4. The largest absolute Gasteiger partial charge is 0.480 e. The zero-order chi connectivity index (χ0) is 41.9. The summed E-state index contributed by atoms with van der Waals surface area (Å²) in [6, 6.07) is 17.2. The maximum atomic E-state index is 14.3. The molecule has 0 radical (unpaired) electrons. The standard InChI is InChI=1S/C45H57ClN4O7/c1-10-34(57-35-22-19-29(43(5,6)11-2)25-31(35)44(7,8)12-3)38(52)47-30-20-21-32(46)33(26-30)48-39(53)36(37(51)45(13-4)23-24-45)50-40(54)41(56-9)49(42(50)55)27-28-17-15-14-16-18-28/h14-22,25-26,34,36,41H,10-13,23-24,27H2,1-9H3,(H,47,52)(H,48,53). The molecule has 12 heteroatoms. The van der Waals surface area contributed by atoms with Crippen LogP contribution in [0.2, 0.25) is 5.02 Å². The quantitative estimate of drug-likeness (QED) is 0.0969. The average Bonchev–Trinajstić information content (AvgIpc) is 3.97. The Morgan fingerprint density at radius 1 is 0.877 bits per heavy atom. The lowest BCUT2D eigenvalue weighted by Crippen LogP contribution is -2.54. The van der Waals surface area contributed by atoms with Gasteiger partial charge in [-0.05, 0) is 84.7 Å². The molecule has 306 valence electrons. The molecule has 1 saturated carbocycles. The number of Topliss-reactive ketones (excluding diaryl/α,β-unsaturated/α-hetero) is 1. The van der Waals surface area contributed by atoms with E-state index in [4.69, 9.17) is 21.1 Å². The summed E-state index contributed by atoms with van der Waals surface area (Å²) < 4.78 is 11.9. The van der Waals surface area contributed by atoms with Crippen LogP contribution in [0.4, 0.5) is 16.2 Å². The van der Waals surface area contributed by atoms with Gasteiger partial charge in [0, 0.05) is 23.8 Å². The molecule has 1 aliphatic carbocycles. The van der Waals surface area contributed by atoms with Crippen molar-refractivity contribution in [3.05, 3.63) is 88.4 Å². The molecule has 1 saturated heterocycles. The number of carbonyl (C=O) groups excluding carboxylic acids is 5. The first kappa shape index (κ1) is 43.4. The number of benzene rings is 3. The fourth-order valence-corrected chi connectivity index (χ4v) is 7.29. The van der Waals surface area contributed by atoms with E-state index in [1.54, 1.807) is 30.3 Å². The molecular formula is C45H57ClN4O7. The number of rotatable bonds is 18. The van der Waals surface area contributed by atoms with E-state index < -0.39 is 53.3 Å². The summed E-state index contributed by atoms with van der Waals surface area (Å²) in [7, 11) is 1.30. The Hall–Kier alpha value is -4.74. The van der Waals surface area contributed by atoms with Crippen LogP contribution in [0.25, 0.3) is 0 Å². The normalized spacial score (nSPS) is 17.6. The van der Waals surface area contributed by atoms with Gasteiger partial charge in [-0.3, -0.25) is 24.1 Å². The van der Waals surface area contributed by atoms with Crippen LogP contribution in [0.1, 0.15) is 111 Å². The van der Waals surface area contributed by atoms with Gasteiger partial charge in [0.05, 0.1) is 17.3 Å². The number of methoxy groups -OCH3 is 1. The van der Waals surface area contributed by atoms with Crippen LogP contribution in [-0.4, -0.2) is 64.8 Å². The number of hydrogen-bond donors (Lipinski definition) is 2. The van der Waals surface area contributed by atoms with E-state index in [2.05, 4.69) is 64.3 Å². The molecule has 3 unspecified atom stereocenters. The van der Waals surface area contributed by atoms with Gasteiger partial charge in [-0.1, -0.05) is 109 Å². The molecule has 3 aromatic rings. The summed E-state index contributed by atoms with van der Waals surface area (Å²) in [6.07, 6.45) is 1.54. The lowest BCUT2D eigenvalue weighted by molar-refractivity contribution is -0.148. The summed E-state index contributed by atoms with van der Waals surface area (Å²) in [4.78, 5) is 72.0. The fraction of sp³-hybridized carbons (Fsp3) is 0.489. The number of halogens is 1. The van der Waals surface area contributed by atoms with Crippen molar-refractivity contribution in [3.63, 3.8) is 0 Å². The Morgan fingerprint density at radius 2 is 1.54 bits per heavy atom. The maximum Gasteiger partial charge on any atom is 0.330 e. The molecule has 3 atom stereocenters.